The van der Waals surface area contributed by atoms with Gasteiger partial charge < -0.3 is 20.1 Å². The summed E-state index contributed by atoms with van der Waals surface area (Å²) in [5.41, 5.74) is -0.601. The number of hydrogen-bond donors (Lipinski definition) is 2. The van der Waals surface area contributed by atoms with Gasteiger partial charge in [-0.05, 0) is 20.8 Å². The van der Waals surface area contributed by atoms with Crippen molar-refractivity contribution >= 4 is 18.0 Å². The summed E-state index contributed by atoms with van der Waals surface area (Å²) >= 11 is 0. The van der Waals surface area contributed by atoms with Crippen molar-refractivity contribution in [1.82, 2.24) is 10.2 Å². The summed E-state index contributed by atoms with van der Waals surface area (Å²) < 4.78 is 5.07. The molecule has 0 saturated heterocycles. The molecule has 0 aliphatic carbocycles. The lowest BCUT2D eigenvalue weighted by Gasteiger charge is -2.23. The van der Waals surface area contributed by atoms with Gasteiger partial charge in [-0.1, -0.05) is 0 Å². The Balaban J connectivity index is 4.33. The molecule has 7 heteroatoms. The number of carboxylic acids is 1. The lowest BCUT2D eigenvalue weighted by atomic mass is 10.2. The van der Waals surface area contributed by atoms with E-state index in [0.717, 1.165) is 0 Å². The van der Waals surface area contributed by atoms with Crippen LogP contribution in [0.2, 0.25) is 0 Å². The summed E-state index contributed by atoms with van der Waals surface area (Å²) in [5, 5.41) is 11.2. The second kappa shape index (κ2) is 9.66. The van der Waals surface area contributed by atoms with Gasteiger partial charge in [0, 0.05) is 32.5 Å². The van der Waals surface area contributed by atoms with Crippen molar-refractivity contribution in [2.45, 2.75) is 45.6 Å². The maximum Gasteiger partial charge on any atom is 0.407 e. The molecular weight excluding hydrogens is 288 g/mol. The highest BCUT2D eigenvalue weighted by Gasteiger charge is 2.17. The first kappa shape index (κ1) is 19.8. The number of alkyl carbamates (subject to hydrolysis) is 1. The van der Waals surface area contributed by atoms with Crippen molar-refractivity contribution in [2.75, 3.05) is 19.6 Å². The summed E-state index contributed by atoms with van der Waals surface area (Å²) in [4.78, 5) is 35.4. The third-order valence-electron chi connectivity index (χ3n) is 2.48. The van der Waals surface area contributed by atoms with Crippen molar-refractivity contribution in [3.63, 3.8) is 0 Å². The molecule has 2 amide bonds. The molecule has 0 aliphatic heterocycles. The van der Waals surface area contributed by atoms with E-state index in [1.807, 2.05) is 0 Å². The first-order valence-electron chi connectivity index (χ1n) is 7.05. The average molecular weight is 312 g/mol. The van der Waals surface area contributed by atoms with Crippen LogP contribution in [0.5, 0.6) is 0 Å². The predicted octanol–water partition coefficient (Wildman–Crippen LogP) is 1.23. The van der Waals surface area contributed by atoms with Crippen LogP contribution in [0, 0.1) is 12.3 Å². The van der Waals surface area contributed by atoms with Gasteiger partial charge in [0.25, 0.3) is 0 Å². The Morgan fingerprint density at radius 1 is 1.23 bits per heavy atom. The van der Waals surface area contributed by atoms with Crippen LogP contribution in [-0.2, 0) is 14.3 Å². The number of ether oxygens (including phenoxy) is 1. The van der Waals surface area contributed by atoms with E-state index >= 15 is 0 Å². The number of aliphatic carboxylic acids is 1. The van der Waals surface area contributed by atoms with Crippen LogP contribution in [0.3, 0.4) is 0 Å². The minimum absolute atomic E-state index is 0.0781. The van der Waals surface area contributed by atoms with Crippen molar-refractivity contribution in [1.29, 1.82) is 0 Å². The van der Waals surface area contributed by atoms with Gasteiger partial charge in [0.15, 0.2) is 0 Å². The van der Waals surface area contributed by atoms with E-state index in [-0.39, 0.29) is 38.4 Å². The van der Waals surface area contributed by atoms with Crippen LogP contribution in [-0.4, -0.2) is 53.2 Å². The molecule has 0 unspecified atom stereocenters. The van der Waals surface area contributed by atoms with Gasteiger partial charge in [-0.25, -0.2) is 4.79 Å². The molecule has 0 atom stereocenters. The van der Waals surface area contributed by atoms with E-state index in [2.05, 4.69) is 11.2 Å². The SMILES string of the molecule is C#CCCC(=O)N(CCNC(=O)OC(C)(C)C)CCC(=O)O. The van der Waals surface area contributed by atoms with Crippen LogP contribution < -0.4 is 5.32 Å². The molecule has 124 valence electrons. The predicted molar refractivity (Wildman–Crippen MR) is 81.1 cm³/mol. The van der Waals surface area contributed by atoms with Crippen LogP contribution in [0.25, 0.3) is 0 Å². The first-order valence-corrected chi connectivity index (χ1v) is 7.05. The fourth-order valence-corrected chi connectivity index (χ4v) is 1.54. The lowest BCUT2D eigenvalue weighted by molar-refractivity contribution is -0.138. The molecule has 22 heavy (non-hydrogen) atoms. The second-order valence-electron chi connectivity index (χ2n) is 5.66. The fourth-order valence-electron chi connectivity index (χ4n) is 1.54. The molecule has 0 aliphatic rings. The minimum Gasteiger partial charge on any atom is -0.481 e. The summed E-state index contributed by atoms with van der Waals surface area (Å²) in [6.07, 6.45) is 4.82. The zero-order valence-electron chi connectivity index (χ0n) is 13.3. The maximum atomic E-state index is 11.9. The van der Waals surface area contributed by atoms with Gasteiger partial charge in [0.05, 0.1) is 6.42 Å². The van der Waals surface area contributed by atoms with Gasteiger partial charge >= 0.3 is 12.1 Å². The highest BCUT2D eigenvalue weighted by Crippen LogP contribution is 2.06. The number of hydrogen-bond acceptors (Lipinski definition) is 4. The largest absolute Gasteiger partial charge is 0.481 e. The molecule has 0 aromatic heterocycles. The molecule has 0 heterocycles. The van der Waals surface area contributed by atoms with E-state index in [0.29, 0.717) is 6.42 Å². The molecule has 0 spiro atoms. The van der Waals surface area contributed by atoms with E-state index in [1.165, 1.54) is 4.90 Å². The number of rotatable bonds is 8. The van der Waals surface area contributed by atoms with Crippen molar-refractivity contribution in [2.24, 2.45) is 0 Å². The zero-order chi connectivity index (χ0) is 17.2. The maximum absolute atomic E-state index is 11.9. The van der Waals surface area contributed by atoms with Gasteiger partial charge in [0.2, 0.25) is 5.91 Å². The number of carbonyl (C=O) groups excluding carboxylic acids is 2. The normalized spacial score (nSPS) is 10.5. The summed E-state index contributed by atoms with van der Waals surface area (Å²) in [6.45, 7) is 5.69. The molecule has 2 N–H and O–H groups in total. The molecule has 0 radical (unpaired) electrons. The Bertz CT molecular complexity index is 434. The third-order valence-corrected chi connectivity index (χ3v) is 2.48. The Morgan fingerprint density at radius 2 is 1.86 bits per heavy atom. The molecule has 0 rings (SSSR count). The van der Waals surface area contributed by atoms with E-state index < -0.39 is 17.7 Å². The smallest absolute Gasteiger partial charge is 0.407 e. The van der Waals surface area contributed by atoms with Gasteiger partial charge in [-0.3, -0.25) is 9.59 Å². The Labute approximate surface area is 131 Å². The molecule has 0 fully saturated rings. The van der Waals surface area contributed by atoms with Crippen LogP contribution >= 0.6 is 0 Å². The number of carboxylic acid groups (broad SMARTS) is 1. The number of amides is 2. The van der Waals surface area contributed by atoms with Crippen molar-refractivity contribution in [3.8, 4) is 12.3 Å². The summed E-state index contributed by atoms with van der Waals surface area (Å²) in [5.74, 6) is 1.14. The second-order valence-corrected chi connectivity index (χ2v) is 5.66. The third kappa shape index (κ3) is 10.5. The summed E-state index contributed by atoms with van der Waals surface area (Å²) in [6, 6.07) is 0. The number of nitrogens with zero attached hydrogens (tertiary/aromatic N) is 1. The van der Waals surface area contributed by atoms with Gasteiger partial charge in [-0.15, -0.1) is 12.3 Å². The quantitative estimate of drug-likeness (QED) is 0.657. The lowest BCUT2D eigenvalue weighted by Crippen LogP contribution is -2.41. The molecule has 0 aromatic rings. The Hall–Kier alpha value is -2.23. The van der Waals surface area contributed by atoms with Gasteiger partial charge in [0.1, 0.15) is 5.60 Å². The fraction of sp³-hybridized carbons (Fsp3) is 0.667. The van der Waals surface area contributed by atoms with Gasteiger partial charge in [-0.2, -0.15) is 0 Å². The van der Waals surface area contributed by atoms with E-state index in [1.54, 1.807) is 20.8 Å². The van der Waals surface area contributed by atoms with Crippen LogP contribution in [0.15, 0.2) is 0 Å². The number of nitrogens with one attached hydrogen (secondary N) is 1. The zero-order valence-corrected chi connectivity index (χ0v) is 13.3. The highest BCUT2D eigenvalue weighted by molar-refractivity contribution is 5.77. The van der Waals surface area contributed by atoms with E-state index in [4.69, 9.17) is 16.3 Å². The molecule has 0 bridgehead atoms. The van der Waals surface area contributed by atoms with E-state index in [9.17, 15) is 14.4 Å². The number of terminal acetylenes is 1. The molecule has 0 saturated carbocycles. The first-order chi connectivity index (χ1) is 10.2. The van der Waals surface area contributed by atoms with Crippen molar-refractivity contribution in [3.05, 3.63) is 0 Å². The number of carbonyl (C=O) groups is 3. The van der Waals surface area contributed by atoms with Crippen LogP contribution in [0.4, 0.5) is 4.79 Å². The Kier molecular flexibility index (Phi) is 8.68. The monoisotopic (exact) mass is 312 g/mol. The standard InChI is InChI=1S/C15H24N2O5/c1-5-6-7-12(18)17(10-8-13(19)20)11-9-16-14(21)22-15(2,3)4/h1H,6-11H2,2-4H3,(H,16,21)(H,19,20). The molecule has 7 nitrogen and oxygen atoms in total. The molecule has 0 aromatic carbocycles. The van der Waals surface area contributed by atoms with Crippen molar-refractivity contribution < 1.29 is 24.2 Å². The Morgan fingerprint density at radius 3 is 2.36 bits per heavy atom. The average Bonchev–Trinajstić information content (AvgIpc) is 2.37. The topological polar surface area (TPSA) is 95.9 Å². The highest BCUT2D eigenvalue weighted by atomic mass is 16.6. The van der Waals surface area contributed by atoms with Crippen LogP contribution in [0.1, 0.15) is 40.0 Å². The summed E-state index contributed by atoms with van der Waals surface area (Å²) in [7, 11) is 0. The minimum atomic E-state index is -0.991. The molecular formula is C15H24N2O5.